The largest absolute Gasteiger partial charge is 0.497 e. The summed E-state index contributed by atoms with van der Waals surface area (Å²) in [4.78, 5) is 23.8. The van der Waals surface area contributed by atoms with Gasteiger partial charge < -0.3 is 23.5 Å². The minimum absolute atomic E-state index is 0.172. The Balaban J connectivity index is 1.89. The summed E-state index contributed by atoms with van der Waals surface area (Å²) in [6.45, 7) is 0.871. The Morgan fingerprint density at radius 1 is 1.12 bits per heavy atom. The third-order valence-electron chi connectivity index (χ3n) is 3.02. The fraction of sp³-hybridized carbons (Fsp3) is 0.312. The second-order valence-electron chi connectivity index (χ2n) is 4.71. The van der Waals surface area contributed by atoms with Gasteiger partial charge in [-0.2, -0.15) is 0 Å². The van der Waals surface area contributed by atoms with Crippen LogP contribution in [0.1, 0.15) is 16.1 Å². The minimum Gasteiger partial charge on any atom is -0.497 e. The van der Waals surface area contributed by atoms with E-state index < -0.39 is 18.4 Å². The molecule has 8 heteroatoms. The lowest BCUT2D eigenvalue weighted by molar-refractivity contribution is -0.144. The van der Waals surface area contributed by atoms with Crippen molar-refractivity contribution in [3.8, 4) is 17.4 Å². The molecule has 0 bridgehead atoms. The zero-order chi connectivity index (χ0) is 17.5. The average Bonchev–Trinajstić information content (AvgIpc) is 3.02. The molecule has 128 valence electrons. The standard InChI is InChI=1S/C16H17NO7/c1-10-6-15(17-24-10)22-9-16(19)23-8-13(18)12-7-11(20-2)4-5-14(12)21-3/h4-7H,8-9H2,1-3H3. The van der Waals surface area contributed by atoms with E-state index in [1.165, 1.54) is 26.4 Å². The normalized spacial score (nSPS) is 10.1. The van der Waals surface area contributed by atoms with Gasteiger partial charge in [-0.3, -0.25) is 4.79 Å². The number of esters is 1. The molecule has 0 saturated carbocycles. The van der Waals surface area contributed by atoms with Crippen molar-refractivity contribution in [3.63, 3.8) is 0 Å². The number of benzene rings is 1. The third-order valence-corrected chi connectivity index (χ3v) is 3.02. The van der Waals surface area contributed by atoms with Gasteiger partial charge in [-0.25, -0.2) is 4.79 Å². The molecule has 0 unspecified atom stereocenters. The van der Waals surface area contributed by atoms with Crippen molar-refractivity contribution in [3.05, 3.63) is 35.6 Å². The lowest BCUT2D eigenvalue weighted by Crippen LogP contribution is -2.20. The van der Waals surface area contributed by atoms with Crippen LogP contribution in [0.4, 0.5) is 0 Å². The zero-order valence-corrected chi connectivity index (χ0v) is 13.5. The quantitative estimate of drug-likeness (QED) is 0.532. The Kier molecular flexibility index (Phi) is 5.78. The maximum atomic E-state index is 12.2. The first-order valence-electron chi connectivity index (χ1n) is 7.00. The van der Waals surface area contributed by atoms with Crippen LogP contribution in [0, 0.1) is 6.92 Å². The first kappa shape index (κ1) is 17.3. The summed E-state index contributed by atoms with van der Waals surface area (Å²) in [5.41, 5.74) is 0.262. The Morgan fingerprint density at radius 2 is 1.92 bits per heavy atom. The highest BCUT2D eigenvalue weighted by Crippen LogP contribution is 2.24. The lowest BCUT2D eigenvalue weighted by atomic mass is 10.1. The SMILES string of the molecule is COc1ccc(OC)c(C(=O)COC(=O)COc2cc(C)on2)c1. The molecule has 1 heterocycles. The van der Waals surface area contributed by atoms with Crippen LogP contribution in [0.25, 0.3) is 0 Å². The van der Waals surface area contributed by atoms with E-state index in [1.807, 2.05) is 0 Å². The number of ether oxygens (including phenoxy) is 4. The highest BCUT2D eigenvalue weighted by atomic mass is 16.6. The number of rotatable bonds is 8. The molecule has 0 fully saturated rings. The van der Waals surface area contributed by atoms with Gasteiger partial charge in [-0.05, 0) is 30.3 Å². The predicted molar refractivity (Wildman–Crippen MR) is 81.6 cm³/mol. The molecule has 0 aliphatic carbocycles. The number of nitrogens with zero attached hydrogens (tertiary/aromatic N) is 1. The van der Waals surface area contributed by atoms with Crippen LogP contribution in [0.15, 0.2) is 28.8 Å². The molecule has 2 rings (SSSR count). The molecular weight excluding hydrogens is 318 g/mol. The number of Topliss-reactive ketones (excluding diaryl/α,β-unsaturated/α-hetero) is 1. The molecule has 0 amide bonds. The van der Waals surface area contributed by atoms with Gasteiger partial charge in [0.2, 0.25) is 5.78 Å². The van der Waals surface area contributed by atoms with Crippen molar-refractivity contribution in [1.82, 2.24) is 5.16 Å². The highest BCUT2D eigenvalue weighted by molar-refractivity contribution is 6.00. The van der Waals surface area contributed by atoms with Gasteiger partial charge in [0.25, 0.3) is 5.88 Å². The Bertz CT molecular complexity index is 723. The molecule has 24 heavy (non-hydrogen) atoms. The fourth-order valence-electron chi connectivity index (χ4n) is 1.84. The van der Waals surface area contributed by atoms with E-state index in [0.29, 0.717) is 17.3 Å². The topological polar surface area (TPSA) is 97.1 Å². The number of aromatic nitrogens is 1. The van der Waals surface area contributed by atoms with Gasteiger partial charge >= 0.3 is 5.97 Å². The second-order valence-corrected chi connectivity index (χ2v) is 4.71. The molecule has 2 aromatic rings. The van der Waals surface area contributed by atoms with Crippen molar-refractivity contribution >= 4 is 11.8 Å². The van der Waals surface area contributed by atoms with Crippen molar-refractivity contribution < 1.29 is 33.1 Å². The first-order chi connectivity index (χ1) is 11.5. The third kappa shape index (κ3) is 4.48. The van der Waals surface area contributed by atoms with E-state index in [9.17, 15) is 9.59 Å². The van der Waals surface area contributed by atoms with Crippen LogP contribution in [-0.4, -0.2) is 44.3 Å². The van der Waals surface area contributed by atoms with Gasteiger partial charge in [-0.1, -0.05) is 0 Å². The summed E-state index contributed by atoms with van der Waals surface area (Å²) in [7, 11) is 2.93. The maximum absolute atomic E-state index is 12.2. The van der Waals surface area contributed by atoms with Crippen molar-refractivity contribution in [2.24, 2.45) is 0 Å². The second kappa shape index (κ2) is 8.00. The van der Waals surface area contributed by atoms with E-state index in [1.54, 1.807) is 19.1 Å². The number of ketones is 1. The monoisotopic (exact) mass is 335 g/mol. The molecule has 0 N–H and O–H groups in total. The van der Waals surface area contributed by atoms with E-state index in [-0.39, 0.29) is 18.1 Å². The van der Waals surface area contributed by atoms with Crippen molar-refractivity contribution in [2.75, 3.05) is 27.4 Å². The maximum Gasteiger partial charge on any atom is 0.344 e. The predicted octanol–water partition coefficient (Wildman–Crippen LogP) is 1.81. The van der Waals surface area contributed by atoms with E-state index in [2.05, 4.69) is 5.16 Å². The Hall–Kier alpha value is -3.03. The summed E-state index contributed by atoms with van der Waals surface area (Å²) in [5.74, 6) is 0.465. The Labute approximate surface area is 138 Å². The number of hydrogen-bond acceptors (Lipinski definition) is 8. The fourth-order valence-corrected chi connectivity index (χ4v) is 1.84. The van der Waals surface area contributed by atoms with Crippen LogP contribution in [-0.2, 0) is 9.53 Å². The van der Waals surface area contributed by atoms with Crippen LogP contribution in [0.5, 0.6) is 17.4 Å². The number of methoxy groups -OCH3 is 2. The Morgan fingerprint density at radius 3 is 2.54 bits per heavy atom. The molecule has 1 aromatic heterocycles. The van der Waals surface area contributed by atoms with Crippen LogP contribution < -0.4 is 14.2 Å². The minimum atomic E-state index is -0.703. The number of aryl methyl sites for hydroxylation is 1. The van der Waals surface area contributed by atoms with Gasteiger partial charge in [0.1, 0.15) is 17.3 Å². The van der Waals surface area contributed by atoms with Gasteiger partial charge in [0.05, 0.1) is 19.8 Å². The zero-order valence-electron chi connectivity index (χ0n) is 13.5. The number of carbonyl (C=O) groups is 2. The molecule has 0 spiro atoms. The molecule has 0 aliphatic rings. The van der Waals surface area contributed by atoms with Crippen molar-refractivity contribution in [2.45, 2.75) is 6.92 Å². The molecule has 0 radical (unpaired) electrons. The van der Waals surface area contributed by atoms with E-state index in [0.717, 1.165) is 0 Å². The van der Waals surface area contributed by atoms with Crippen LogP contribution in [0.3, 0.4) is 0 Å². The summed E-state index contributed by atoms with van der Waals surface area (Å²) < 4.78 is 24.9. The summed E-state index contributed by atoms with van der Waals surface area (Å²) in [6, 6.07) is 6.31. The van der Waals surface area contributed by atoms with Crippen LogP contribution >= 0.6 is 0 Å². The van der Waals surface area contributed by atoms with E-state index in [4.69, 9.17) is 23.5 Å². The number of hydrogen-bond donors (Lipinski definition) is 0. The number of carbonyl (C=O) groups excluding carboxylic acids is 2. The molecule has 0 aliphatic heterocycles. The van der Waals surface area contributed by atoms with E-state index >= 15 is 0 Å². The molecule has 8 nitrogen and oxygen atoms in total. The van der Waals surface area contributed by atoms with Gasteiger partial charge in [0.15, 0.2) is 13.2 Å². The lowest BCUT2D eigenvalue weighted by Gasteiger charge is -2.10. The van der Waals surface area contributed by atoms with Crippen molar-refractivity contribution in [1.29, 1.82) is 0 Å². The van der Waals surface area contributed by atoms with Gasteiger partial charge in [0, 0.05) is 6.07 Å². The summed E-state index contributed by atoms with van der Waals surface area (Å²) >= 11 is 0. The molecular formula is C16H17NO7. The summed E-state index contributed by atoms with van der Waals surface area (Å²) in [6.07, 6.45) is 0. The average molecular weight is 335 g/mol. The highest BCUT2D eigenvalue weighted by Gasteiger charge is 2.16. The molecule has 0 saturated heterocycles. The summed E-state index contributed by atoms with van der Waals surface area (Å²) in [5, 5.41) is 3.57. The first-order valence-corrected chi connectivity index (χ1v) is 7.00. The van der Waals surface area contributed by atoms with Gasteiger partial charge in [-0.15, -0.1) is 0 Å². The van der Waals surface area contributed by atoms with Crippen LogP contribution in [0.2, 0.25) is 0 Å². The molecule has 1 aromatic carbocycles. The smallest absolute Gasteiger partial charge is 0.344 e. The molecule has 0 atom stereocenters.